The molecule has 0 aromatic heterocycles. The van der Waals surface area contributed by atoms with E-state index < -0.39 is 4.08 Å². The lowest BCUT2D eigenvalue weighted by molar-refractivity contribution is 0.0309. The van der Waals surface area contributed by atoms with Gasteiger partial charge in [0.2, 0.25) is 0 Å². The topological polar surface area (TPSA) is 36.9 Å². The molecule has 0 bridgehead atoms. The fourth-order valence-electron chi connectivity index (χ4n) is 2.82. The minimum Gasteiger partial charge on any atom is -0.497 e. The third-order valence-corrected chi connectivity index (χ3v) is 6.37. The van der Waals surface area contributed by atoms with Crippen LogP contribution >= 0.6 is 50.5 Å². The highest BCUT2D eigenvalue weighted by Crippen LogP contribution is 2.30. The minimum atomic E-state index is -0.400. The van der Waals surface area contributed by atoms with Gasteiger partial charge in [0, 0.05) is 25.2 Å². The fraction of sp³-hybridized carbons (Fsp3) is 0.478. The summed E-state index contributed by atoms with van der Waals surface area (Å²) in [4.78, 5) is 0. The molecule has 174 valence electrons. The van der Waals surface area contributed by atoms with Crippen LogP contribution in [0.5, 0.6) is 11.5 Å². The van der Waals surface area contributed by atoms with E-state index in [2.05, 4.69) is 25.3 Å². The first kappa shape index (κ1) is 28.4. The normalized spacial score (nSPS) is 13.0. The molecule has 2 aromatic carbocycles. The van der Waals surface area contributed by atoms with Gasteiger partial charge in [0.25, 0.3) is 0 Å². The van der Waals surface area contributed by atoms with Crippen molar-refractivity contribution in [1.82, 2.24) is 0 Å². The van der Waals surface area contributed by atoms with E-state index in [0.29, 0.717) is 12.4 Å². The first-order valence-corrected chi connectivity index (χ1v) is 11.8. The van der Waals surface area contributed by atoms with Crippen molar-refractivity contribution in [3.63, 3.8) is 0 Å². The van der Waals surface area contributed by atoms with Crippen LogP contribution in [0, 0.1) is 0 Å². The molecule has 0 aliphatic heterocycles. The molecule has 0 spiro atoms. The maximum absolute atomic E-state index is 5.17. The van der Waals surface area contributed by atoms with Gasteiger partial charge in [0.15, 0.2) is 0 Å². The zero-order valence-electron chi connectivity index (χ0n) is 18.5. The number of benzene rings is 2. The van der Waals surface area contributed by atoms with Crippen LogP contribution in [0.4, 0.5) is 0 Å². The molecule has 0 aliphatic rings. The number of hydrogen-bond donors (Lipinski definition) is 4. The third kappa shape index (κ3) is 11.2. The van der Waals surface area contributed by atoms with Gasteiger partial charge in [-0.2, -0.15) is 50.5 Å². The summed E-state index contributed by atoms with van der Waals surface area (Å²) < 4.78 is 19.9. The SMILES string of the molecule is COCC(OC)C(S)CS.COc1ccc(CC(S)(S)Cc2ccc(OC)cc2)cc1. The number of methoxy groups -OCH3 is 4. The molecular formula is C23H34O4S4. The zero-order chi connectivity index (χ0) is 23.3. The molecule has 31 heavy (non-hydrogen) atoms. The van der Waals surface area contributed by atoms with E-state index in [4.69, 9.17) is 44.2 Å². The van der Waals surface area contributed by atoms with E-state index in [0.717, 1.165) is 24.3 Å². The van der Waals surface area contributed by atoms with Gasteiger partial charge in [-0.15, -0.1) is 0 Å². The molecule has 0 amide bonds. The molecule has 2 aromatic rings. The highest BCUT2D eigenvalue weighted by molar-refractivity contribution is 8.00. The van der Waals surface area contributed by atoms with E-state index in [1.54, 1.807) is 28.4 Å². The lowest BCUT2D eigenvalue weighted by atomic mass is 10.0. The molecule has 2 atom stereocenters. The molecular weight excluding hydrogens is 469 g/mol. The summed E-state index contributed by atoms with van der Waals surface area (Å²) in [6.45, 7) is 0.575. The highest BCUT2D eigenvalue weighted by Gasteiger charge is 2.21. The van der Waals surface area contributed by atoms with E-state index in [9.17, 15) is 0 Å². The van der Waals surface area contributed by atoms with Crippen molar-refractivity contribution in [2.24, 2.45) is 0 Å². The van der Waals surface area contributed by atoms with Gasteiger partial charge in [-0.3, -0.25) is 0 Å². The standard InChI is InChI=1S/C17H20O2S2.C6H14O2S2/c1-18-15-7-3-13(4-8-15)11-17(20,21)12-14-5-9-16(19-2)10-6-14;1-7-3-5(8-2)6(10)4-9/h3-10,20-21H,11-12H2,1-2H3;5-6,9-10H,3-4H2,1-2H3. The molecule has 8 heteroatoms. The summed E-state index contributed by atoms with van der Waals surface area (Å²) in [7, 11) is 6.63. The molecule has 4 nitrogen and oxygen atoms in total. The number of thiol groups is 4. The van der Waals surface area contributed by atoms with Crippen LogP contribution in [-0.2, 0) is 22.3 Å². The smallest absolute Gasteiger partial charge is 0.118 e. The average molecular weight is 503 g/mol. The zero-order valence-corrected chi connectivity index (χ0v) is 22.1. The summed E-state index contributed by atoms with van der Waals surface area (Å²) in [5.74, 6) is 2.42. The predicted molar refractivity (Wildman–Crippen MR) is 143 cm³/mol. The lowest BCUT2D eigenvalue weighted by Crippen LogP contribution is -2.29. The van der Waals surface area contributed by atoms with Crippen LogP contribution in [0.2, 0.25) is 0 Å². The molecule has 0 heterocycles. The Morgan fingerprint density at radius 2 is 1.19 bits per heavy atom. The number of rotatable bonds is 11. The summed E-state index contributed by atoms with van der Waals surface area (Å²) in [5.41, 5.74) is 2.38. The van der Waals surface area contributed by atoms with Crippen molar-refractivity contribution >= 4 is 50.5 Å². The van der Waals surface area contributed by atoms with Gasteiger partial charge >= 0.3 is 0 Å². The van der Waals surface area contributed by atoms with Crippen LogP contribution in [0.25, 0.3) is 0 Å². The molecule has 0 saturated heterocycles. The Bertz CT molecular complexity index is 672. The van der Waals surface area contributed by atoms with Gasteiger partial charge in [0.1, 0.15) is 11.5 Å². The van der Waals surface area contributed by atoms with Gasteiger partial charge in [-0.25, -0.2) is 0 Å². The molecule has 0 N–H and O–H groups in total. The molecule has 2 unspecified atom stereocenters. The Kier molecular flexibility index (Phi) is 14.0. The van der Waals surface area contributed by atoms with Crippen LogP contribution in [0.15, 0.2) is 48.5 Å². The van der Waals surface area contributed by atoms with Crippen LogP contribution < -0.4 is 9.47 Å². The number of ether oxygens (including phenoxy) is 4. The predicted octanol–water partition coefficient (Wildman–Crippen LogP) is 4.92. The maximum Gasteiger partial charge on any atom is 0.118 e. The highest BCUT2D eigenvalue weighted by atomic mass is 32.2. The van der Waals surface area contributed by atoms with E-state index in [1.165, 1.54) is 11.1 Å². The van der Waals surface area contributed by atoms with Crippen molar-refractivity contribution in [2.75, 3.05) is 40.8 Å². The maximum atomic E-state index is 5.17. The summed E-state index contributed by atoms with van der Waals surface area (Å²) in [6.07, 6.45) is 1.59. The Morgan fingerprint density at radius 3 is 1.48 bits per heavy atom. The summed E-state index contributed by atoms with van der Waals surface area (Å²) in [5, 5.41) is 0.147. The molecule has 2 rings (SSSR count). The Hall–Kier alpha value is -0.640. The quantitative estimate of drug-likeness (QED) is 0.260. The van der Waals surface area contributed by atoms with Gasteiger partial charge < -0.3 is 18.9 Å². The second kappa shape index (κ2) is 15.2. The Balaban J connectivity index is 0.000000407. The summed E-state index contributed by atoms with van der Waals surface area (Å²) in [6, 6.07) is 16.0. The average Bonchev–Trinajstić information content (AvgIpc) is 2.78. The molecule has 0 fully saturated rings. The van der Waals surface area contributed by atoms with Gasteiger partial charge in [-0.05, 0) is 48.2 Å². The second-order valence-electron chi connectivity index (χ2n) is 7.01. The van der Waals surface area contributed by atoms with Crippen molar-refractivity contribution in [2.45, 2.75) is 28.3 Å². The number of hydrogen-bond acceptors (Lipinski definition) is 8. The van der Waals surface area contributed by atoms with Crippen LogP contribution in [-0.4, -0.2) is 56.2 Å². The molecule has 0 saturated carbocycles. The molecule has 0 radical (unpaired) electrons. The Labute approximate surface area is 209 Å². The van der Waals surface area contributed by atoms with Gasteiger partial charge in [0.05, 0.1) is 31.0 Å². The first-order chi connectivity index (χ1) is 14.8. The van der Waals surface area contributed by atoms with Crippen LogP contribution in [0.1, 0.15) is 11.1 Å². The lowest BCUT2D eigenvalue weighted by Gasteiger charge is -2.23. The summed E-state index contributed by atoms with van der Waals surface area (Å²) >= 11 is 17.8. The first-order valence-electron chi connectivity index (χ1n) is 9.79. The monoisotopic (exact) mass is 502 g/mol. The largest absolute Gasteiger partial charge is 0.497 e. The third-order valence-electron chi connectivity index (χ3n) is 4.54. The van der Waals surface area contributed by atoms with Crippen LogP contribution in [0.3, 0.4) is 0 Å². The second-order valence-corrected chi connectivity index (χ2v) is 10.1. The molecule has 0 aliphatic carbocycles. The van der Waals surface area contributed by atoms with Crippen molar-refractivity contribution < 1.29 is 18.9 Å². The Morgan fingerprint density at radius 1 is 0.774 bits per heavy atom. The van der Waals surface area contributed by atoms with E-state index >= 15 is 0 Å². The minimum absolute atomic E-state index is 0.0471. The fourth-order valence-corrected chi connectivity index (χ4v) is 3.99. The van der Waals surface area contributed by atoms with E-state index in [1.807, 2.05) is 48.5 Å². The van der Waals surface area contributed by atoms with Crippen molar-refractivity contribution in [3.05, 3.63) is 59.7 Å². The van der Waals surface area contributed by atoms with Gasteiger partial charge in [-0.1, -0.05) is 24.3 Å². The van der Waals surface area contributed by atoms with Crippen molar-refractivity contribution in [3.8, 4) is 11.5 Å². The van der Waals surface area contributed by atoms with Crippen molar-refractivity contribution in [1.29, 1.82) is 0 Å². The van der Waals surface area contributed by atoms with E-state index in [-0.39, 0.29) is 11.4 Å².